The van der Waals surface area contributed by atoms with Gasteiger partial charge in [-0.2, -0.15) is 0 Å². The third kappa shape index (κ3) is 1.49. The van der Waals surface area contributed by atoms with Crippen LogP contribution in [-0.2, 0) is 13.0 Å². The van der Waals surface area contributed by atoms with E-state index in [2.05, 4.69) is 18.0 Å². The average molecular weight is 187 g/mol. The fraction of sp³-hybridized carbons (Fsp3) is 0.250. The lowest BCUT2D eigenvalue weighted by molar-refractivity contribution is 0.104. The van der Waals surface area contributed by atoms with Crippen LogP contribution in [0.1, 0.15) is 21.5 Å². The highest BCUT2D eigenvalue weighted by Crippen LogP contribution is 2.19. The molecule has 0 saturated heterocycles. The molecular formula is C12H13NO. The number of nitrogens with one attached hydrogen (secondary N) is 1. The first-order valence-electron chi connectivity index (χ1n) is 4.81. The van der Waals surface area contributed by atoms with Crippen molar-refractivity contribution in [1.29, 1.82) is 0 Å². The molecule has 2 nitrogen and oxygen atoms in total. The second-order valence-corrected chi connectivity index (χ2v) is 3.44. The summed E-state index contributed by atoms with van der Waals surface area (Å²) in [6.07, 6.45) is 2.32. The lowest BCUT2D eigenvalue weighted by atomic mass is 9.93. The predicted octanol–water partition coefficient (Wildman–Crippen LogP) is 1.70. The van der Waals surface area contributed by atoms with Gasteiger partial charge in [0, 0.05) is 12.1 Å². The molecular weight excluding hydrogens is 174 g/mol. The minimum absolute atomic E-state index is 0.0313. The summed E-state index contributed by atoms with van der Waals surface area (Å²) in [5, 5.41) is 3.29. The zero-order chi connectivity index (χ0) is 9.97. The highest BCUT2D eigenvalue weighted by atomic mass is 16.1. The Morgan fingerprint density at radius 2 is 2.36 bits per heavy atom. The monoisotopic (exact) mass is 187 g/mol. The Kier molecular flexibility index (Phi) is 2.46. The van der Waals surface area contributed by atoms with Crippen molar-refractivity contribution in [2.45, 2.75) is 13.0 Å². The van der Waals surface area contributed by atoms with Gasteiger partial charge in [0.05, 0.1) is 0 Å². The summed E-state index contributed by atoms with van der Waals surface area (Å²) < 4.78 is 0. The van der Waals surface area contributed by atoms with Crippen LogP contribution in [0.3, 0.4) is 0 Å². The maximum atomic E-state index is 11.5. The van der Waals surface area contributed by atoms with E-state index in [4.69, 9.17) is 0 Å². The summed E-state index contributed by atoms with van der Waals surface area (Å²) in [4.78, 5) is 11.5. The lowest BCUT2D eigenvalue weighted by Gasteiger charge is -2.19. The van der Waals surface area contributed by atoms with Crippen LogP contribution in [0.25, 0.3) is 0 Å². The number of benzene rings is 1. The Bertz CT molecular complexity index is 382. The smallest absolute Gasteiger partial charge is 0.185 e. The Labute approximate surface area is 83.6 Å². The summed E-state index contributed by atoms with van der Waals surface area (Å²) >= 11 is 0. The summed E-state index contributed by atoms with van der Waals surface area (Å²) in [7, 11) is 0. The van der Waals surface area contributed by atoms with Gasteiger partial charge in [-0.1, -0.05) is 24.8 Å². The fourth-order valence-electron chi connectivity index (χ4n) is 1.87. The van der Waals surface area contributed by atoms with Crippen molar-refractivity contribution < 1.29 is 4.79 Å². The van der Waals surface area contributed by atoms with Gasteiger partial charge < -0.3 is 5.32 Å². The molecule has 0 amide bonds. The van der Waals surface area contributed by atoms with E-state index >= 15 is 0 Å². The molecule has 1 N–H and O–H groups in total. The minimum Gasteiger partial charge on any atom is -0.312 e. The molecule has 0 unspecified atom stereocenters. The standard InChI is InChI=1S/C12H13NO/c1-2-12(14)11-5-3-4-9-8-13-7-6-10(9)11/h2-5,13H,1,6-8H2. The molecule has 72 valence electrons. The highest BCUT2D eigenvalue weighted by Gasteiger charge is 2.14. The number of carbonyl (C=O) groups excluding carboxylic acids is 1. The van der Waals surface area contributed by atoms with E-state index in [0.717, 1.165) is 25.1 Å². The van der Waals surface area contributed by atoms with E-state index in [0.29, 0.717) is 0 Å². The molecule has 1 aliphatic rings. The molecule has 1 aromatic carbocycles. The molecule has 2 heteroatoms. The van der Waals surface area contributed by atoms with Gasteiger partial charge in [-0.3, -0.25) is 4.79 Å². The molecule has 0 bridgehead atoms. The predicted molar refractivity (Wildman–Crippen MR) is 56.4 cm³/mol. The van der Waals surface area contributed by atoms with Crippen LogP contribution in [0.2, 0.25) is 0 Å². The van der Waals surface area contributed by atoms with Gasteiger partial charge in [-0.05, 0) is 30.2 Å². The van der Waals surface area contributed by atoms with Crippen molar-refractivity contribution in [3.63, 3.8) is 0 Å². The third-order valence-electron chi connectivity index (χ3n) is 2.59. The zero-order valence-corrected chi connectivity index (χ0v) is 8.05. The molecule has 0 radical (unpaired) electrons. The topological polar surface area (TPSA) is 29.1 Å². The van der Waals surface area contributed by atoms with Gasteiger partial charge in [-0.25, -0.2) is 0 Å². The molecule has 14 heavy (non-hydrogen) atoms. The van der Waals surface area contributed by atoms with Gasteiger partial charge in [0.1, 0.15) is 0 Å². The van der Waals surface area contributed by atoms with Crippen molar-refractivity contribution in [1.82, 2.24) is 5.32 Å². The second kappa shape index (κ2) is 3.76. The molecule has 1 aliphatic heterocycles. The SMILES string of the molecule is C=CC(=O)c1cccc2c1CCNC2. The van der Waals surface area contributed by atoms with Crippen LogP contribution in [-0.4, -0.2) is 12.3 Å². The van der Waals surface area contributed by atoms with E-state index in [9.17, 15) is 4.79 Å². The summed E-state index contributed by atoms with van der Waals surface area (Å²) in [5.74, 6) is 0.0313. The number of fused-ring (bicyclic) bond motifs is 1. The Morgan fingerprint density at radius 3 is 3.14 bits per heavy atom. The van der Waals surface area contributed by atoms with Crippen LogP contribution < -0.4 is 5.32 Å². The number of hydrogen-bond donors (Lipinski definition) is 1. The van der Waals surface area contributed by atoms with Gasteiger partial charge in [-0.15, -0.1) is 0 Å². The molecule has 0 aromatic heterocycles. The largest absolute Gasteiger partial charge is 0.312 e. The van der Waals surface area contributed by atoms with E-state index in [1.807, 2.05) is 12.1 Å². The first-order chi connectivity index (χ1) is 6.83. The Morgan fingerprint density at radius 1 is 1.50 bits per heavy atom. The summed E-state index contributed by atoms with van der Waals surface area (Å²) in [6.45, 7) is 5.34. The molecule has 1 aromatic rings. The number of allylic oxidation sites excluding steroid dienone is 1. The lowest BCUT2D eigenvalue weighted by Crippen LogP contribution is -2.25. The number of hydrogen-bond acceptors (Lipinski definition) is 2. The Balaban J connectivity index is 2.50. The highest BCUT2D eigenvalue weighted by molar-refractivity contribution is 6.05. The molecule has 0 aliphatic carbocycles. The van der Waals surface area contributed by atoms with Crippen molar-refractivity contribution in [3.8, 4) is 0 Å². The normalized spacial score (nSPS) is 14.6. The van der Waals surface area contributed by atoms with Crippen molar-refractivity contribution in [2.75, 3.05) is 6.54 Å². The summed E-state index contributed by atoms with van der Waals surface area (Å²) in [5.41, 5.74) is 3.25. The second-order valence-electron chi connectivity index (χ2n) is 3.44. The van der Waals surface area contributed by atoms with Crippen molar-refractivity contribution >= 4 is 5.78 Å². The maximum absolute atomic E-state index is 11.5. The van der Waals surface area contributed by atoms with Gasteiger partial charge >= 0.3 is 0 Å². The van der Waals surface area contributed by atoms with Crippen LogP contribution in [0.15, 0.2) is 30.9 Å². The van der Waals surface area contributed by atoms with Crippen molar-refractivity contribution in [3.05, 3.63) is 47.5 Å². The van der Waals surface area contributed by atoms with E-state index in [1.54, 1.807) is 0 Å². The summed E-state index contributed by atoms with van der Waals surface area (Å²) in [6, 6.07) is 5.89. The van der Waals surface area contributed by atoms with Crippen molar-refractivity contribution in [2.24, 2.45) is 0 Å². The van der Waals surface area contributed by atoms with Crippen LogP contribution in [0, 0.1) is 0 Å². The molecule has 2 rings (SSSR count). The number of ketones is 1. The average Bonchev–Trinajstić information content (AvgIpc) is 2.27. The zero-order valence-electron chi connectivity index (χ0n) is 8.05. The van der Waals surface area contributed by atoms with Gasteiger partial charge in [0.2, 0.25) is 0 Å². The molecule has 0 fully saturated rings. The fourth-order valence-corrected chi connectivity index (χ4v) is 1.87. The molecule has 0 atom stereocenters. The molecule has 1 heterocycles. The quantitative estimate of drug-likeness (QED) is 0.564. The number of rotatable bonds is 2. The molecule has 0 saturated carbocycles. The van der Waals surface area contributed by atoms with E-state index in [1.165, 1.54) is 17.2 Å². The first-order valence-corrected chi connectivity index (χ1v) is 4.81. The van der Waals surface area contributed by atoms with Gasteiger partial charge in [0.15, 0.2) is 5.78 Å². The van der Waals surface area contributed by atoms with Crippen LogP contribution >= 0.6 is 0 Å². The first kappa shape index (κ1) is 9.16. The maximum Gasteiger partial charge on any atom is 0.185 e. The Hall–Kier alpha value is -1.41. The number of carbonyl (C=O) groups is 1. The van der Waals surface area contributed by atoms with Crippen LogP contribution in [0.5, 0.6) is 0 Å². The van der Waals surface area contributed by atoms with E-state index < -0.39 is 0 Å². The third-order valence-corrected chi connectivity index (χ3v) is 2.59. The minimum atomic E-state index is 0.0313. The van der Waals surface area contributed by atoms with Gasteiger partial charge in [0.25, 0.3) is 0 Å². The van der Waals surface area contributed by atoms with Crippen LogP contribution in [0.4, 0.5) is 0 Å². The molecule has 0 spiro atoms. The van der Waals surface area contributed by atoms with E-state index in [-0.39, 0.29) is 5.78 Å².